The lowest BCUT2D eigenvalue weighted by Crippen LogP contribution is -2.17. The molecule has 0 aliphatic carbocycles. The summed E-state index contributed by atoms with van der Waals surface area (Å²) in [6, 6.07) is 6.96. The zero-order valence-electron chi connectivity index (χ0n) is 12.9. The summed E-state index contributed by atoms with van der Waals surface area (Å²) in [5.74, 6) is 0.261. The van der Waals surface area contributed by atoms with E-state index in [4.69, 9.17) is 0 Å². The first-order chi connectivity index (χ1) is 10.5. The van der Waals surface area contributed by atoms with E-state index in [2.05, 4.69) is 10.3 Å². The molecule has 5 nitrogen and oxygen atoms in total. The Morgan fingerprint density at radius 1 is 1.27 bits per heavy atom. The Morgan fingerprint density at radius 2 is 1.95 bits per heavy atom. The van der Waals surface area contributed by atoms with Crippen LogP contribution in [0.15, 0.2) is 41.8 Å². The van der Waals surface area contributed by atoms with Crippen LogP contribution in [0.4, 0.5) is 5.69 Å². The number of aryl methyl sites for hydroxylation is 1. The van der Waals surface area contributed by atoms with Gasteiger partial charge in [-0.2, -0.15) is 0 Å². The molecule has 0 unspecified atom stereocenters. The number of hydrogen-bond donors (Lipinski definition) is 1. The van der Waals surface area contributed by atoms with Crippen LogP contribution in [-0.4, -0.2) is 27.0 Å². The van der Waals surface area contributed by atoms with Gasteiger partial charge in [0.1, 0.15) is 0 Å². The van der Waals surface area contributed by atoms with Gasteiger partial charge >= 0.3 is 0 Å². The number of carbonyl (C=O) groups is 2. The summed E-state index contributed by atoms with van der Waals surface area (Å²) < 4.78 is 1.88. The van der Waals surface area contributed by atoms with Gasteiger partial charge in [-0.1, -0.05) is 25.6 Å². The van der Waals surface area contributed by atoms with Crippen LogP contribution in [-0.2, 0) is 11.8 Å². The molecule has 0 aliphatic rings. The summed E-state index contributed by atoms with van der Waals surface area (Å²) in [7, 11) is 1.89. The molecule has 1 aromatic carbocycles. The number of hydrogen-bond acceptors (Lipinski definition) is 4. The Hall–Kier alpha value is -2.08. The van der Waals surface area contributed by atoms with Crippen LogP contribution in [0.2, 0.25) is 0 Å². The molecule has 6 heteroatoms. The standard InChI is InChI=1S/C16H19N3O2S/c1-11(2)15(21)18-13-6-4-12(5-7-13)14(20)10-22-16-17-8-9-19(16)3/h4-9,11H,10H2,1-3H3,(H,18,21). The number of thioether (sulfide) groups is 1. The average molecular weight is 317 g/mol. The topological polar surface area (TPSA) is 64.0 Å². The van der Waals surface area contributed by atoms with E-state index >= 15 is 0 Å². The van der Waals surface area contributed by atoms with Crippen molar-refractivity contribution in [2.24, 2.45) is 13.0 Å². The Morgan fingerprint density at radius 3 is 2.50 bits per heavy atom. The van der Waals surface area contributed by atoms with E-state index in [1.54, 1.807) is 30.5 Å². The van der Waals surface area contributed by atoms with E-state index in [9.17, 15) is 9.59 Å². The van der Waals surface area contributed by atoms with E-state index in [1.807, 2.05) is 31.7 Å². The van der Waals surface area contributed by atoms with Crippen molar-refractivity contribution in [2.45, 2.75) is 19.0 Å². The molecule has 0 bridgehead atoms. The molecule has 2 rings (SSSR count). The number of ketones is 1. The van der Waals surface area contributed by atoms with Crippen LogP contribution in [0.25, 0.3) is 0 Å². The Balaban J connectivity index is 1.93. The first kappa shape index (κ1) is 16.3. The van der Waals surface area contributed by atoms with Gasteiger partial charge in [0.2, 0.25) is 5.91 Å². The summed E-state index contributed by atoms with van der Waals surface area (Å²) in [6.07, 6.45) is 3.55. The van der Waals surface area contributed by atoms with E-state index in [0.717, 1.165) is 5.16 Å². The minimum atomic E-state index is -0.0736. The second kappa shape index (κ2) is 7.26. The van der Waals surface area contributed by atoms with Crippen molar-refractivity contribution < 1.29 is 9.59 Å². The van der Waals surface area contributed by atoms with Crippen molar-refractivity contribution in [3.05, 3.63) is 42.2 Å². The minimum Gasteiger partial charge on any atom is -0.329 e. The maximum atomic E-state index is 12.1. The van der Waals surface area contributed by atoms with Gasteiger partial charge in [-0.3, -0.25) is 9.59 Å². The number of nitrogens with zero attached hydrogens (tertiary/aromatic N) is 2. The Kier molecular flexibility index (Phi) is 5.38. The summed E-state index contributed by atoms with van der Waals surface area (Å²) in [5, 5.41) is 3.61. The Bertz CT molecular complexity index is 662. The quantitative estimate of drug-likeness (QED) is 0.657. The van der Waals surface area contributed by atoms with Crippen molar-refractivity contribution in [2.75, 3.05) is 11.1 Å². The number of carbonyl (C=O) groups excluding carboxylic acids is 2. The molecular formula is C16H19N3O2S. The maximum Gasteiger partial charge on any atom is 0.226 e. The van der Waals surface area contributed by atoms with Crippen molar-refractivity contribution >= 4 is 29.1 Å². The monoisotopic (exact) mass is 317 g/mol. The predicted molar refractivity (Wildman–Crippen MR) is 88.2 cm³/mol. The summed E-state index contributed by atoms with van der Waals surface area (Å²) in [5.41, 5.74) is 1.33. The van der Waals surface area contributed by atoms with Crippen molar-refractivity contribution in [3.63, 3.8) is 0 Å². The molecule has 0 aliphatic heterocycles. The highest BCUT2D eigenvalue weighted by Gasteiger charge is 2.10. The SMILES string of the molecule is CC(C)C(=O)Nc1ccc(C(=O)CSc2nccn2C)cc1. The van der Waals surface area contributed by atoms with Crippen molar-refractivity contribution in [3.8, 4) is 0 Å². The van der Waals surface area contributed by atoms with Gasteiger partial charge in [0.15, 0.2) is 10.9 Å². The van der Waals surface area contributed by atoms with Crippen molar-refractivity contribution in [1.82, 2.24) is 9.55 Å². The third kappa shape index (κ3) is 4.21. The lowest BCUT2D eigenvalue weighted by atomic mass is 10.1. The molecule has 0 fully saturated rings. The van der Waals surface area contributed by atoms with Crippen LogP contribution in [0.3, 0.4) is 0 Å². The third-order valence-electron chi connectivity index (χ3n) is 3.11. The molecule has 0 atom stereocenters. The molecule has 116 valence electrons. The summed E-state index contributed by atoms with van der Waals surface area (Å²) in [4.78, 5) is 27.9. The van der Waals surface area contributed by atoms with Gasteiger partial charge in [0.05, 0.1) is 5.75 Å². The molecule has 0 radical (unpaired) electrons. The number of aromatic nitrogens is 2. The molecule has 0 spiro atoms. The van der Waals surface area contributed by atoms with E-state index in [1.165, 1.54) is 11.8 Å². The number of nitrogens with one attached hydrogen (secondary N) is 1. The fourth-order valence-corrected chi connectivity index (χ4v) is 2.56. The van der Waals surface area contributed by atoms with Gasteiger partial charge in [0, 0.05) is 36.6 Å². The summed E-state index contributed by atoms with van der Waals surface area (Å²) >= 11 is 1.41. The normalized spacial score (nSPS) is 10.7. The number of amides is 1. The van der Waals surface area contributed by atoms with Crippen molar-refractivity contribution in [1.29, 1.82) is 0 Å². The van der Waals surface area contributed by atoms with Crippen LogP contribution >= 0.6 is 11.8 Å². The van der Waals surface area contributed by atoms with Crippen LogP contribution in [0.1, 0.15) is 24.2 Å². The molecule has 1 aromatic heterocycles. The van der Waals surface area contributed by atoms with E-state index < -0.39 is 0 Å². The molecule has 0 saturated carbocycles. The number of rotatable bonds is 6. The fourth-order valence-electron chi connectivity index (χ4n) is 1.73. The predicted octanol–water partition coefficient (Wildman–Crippen LogP) is 2.99. The zero-order chi connectivity index (χ0) is 16.1. The van der Waals surface area contributed by atoms with E-state index in [0.29, 0.717) is 17.0 Å². The average Bonchev–Trinajstić information content (AvgIpc) is 2.90. The van der Waals surface area contributed by atoms with Gasteiger partial charge in [-0.15, -0.1) is 0 Å². The highest BCUT2D eigenvalue weighted by atomic mass is 32.2. The van der Waals surface area contributed by atoms with Gasteiger partial charge in [-0.05, 0) is 24.3 Å². The molecule has 2 aromatic rings. The van der Waals surface area contributed by atoms with Crippen LogP contribution in [0, 0.1) is 5.92 Å². The minimum absolute atomic E-state index is 0.0368. The molecular weight excluding hydrogens is 298 g/mol. The lowest BCUT2D eigenvalue weighted by Gasteiger charge is -2.08. The number of benzene rings is 1. The molecule has 22 heavy (non-hydrogen) atoms. The smallest absolute Gasteiger partial charge is 0.226 e. The third-order valence-corrected chi connectivity index (χ3v) is 4.17. The van der Waals surface area contributed by atoms with E-state index in [-0.39, 0.29) is 17.6 Å². The highest BCUT2D eigenvalue weighted by molar-refractivity contribution is 7.99. The Labute approximate surface area is 134 Å². The molecule has 0 saturated heterocycles. The van der Waals surface area contributed by atoms with Crippen LogP contribution < -0.4 is 5.32 Å². The summed E-state index contributed by atoms with van der Waals surface area (Å²) in [6.45, 7) is 3.67. The van der Waals surface area contributed by atoms with Crippen LogP contribution in [0.5, 0.6) is 0 Å². The highest BCUT2D eigenvalue weighted by Crippen LogP contribution is 2.18. The number of anilines is 1. The number of imidazole rings is 1. The maximum absolute atomic E-state index is 12.1. The second-order valence-corrected chi connectivity index (χ2v) is 6.20. The zero-order valence-corrected chi connectivity index (χ0v) is 13.7. The first-order valence-electron chi connectivity index (χ1n) is 7.01. The number of Topliss-reactive ketones (excluding diaryl/α,β-unsaturated/α-hetero) is 1. The fraction of sp³-hybridized carbons (Fsp3) is 0.312. The second-order valence-electron chi connectivity index (χ2n) is 5.25. The first-order valence-corrected chi connectivity index (χ1v) is 8.00. The molecule has 1 heterocycles. The van der Waals surface area contributed by atoms with Gasteiger partial charge < -0.3 is 9.88 Å². The van der Waals surface area contributed by atoms with Gasteiger partial charge in [0.25, 0.3) is 0 Å². The lowest BCUT2D eigenvalue weighted by molar-refractivity contribution is -0.118. The largest absolute Gasteiger partial charge is 0.329 e. The van der Waals surface area contributed by atoms with Gasteiger partial charge in [-0.25, -0.2) is 4.98 Å². The molecule has 1 amide bonds. The molecule has 1 N–H and O–H groups in total.